The smallest absolute Gasteiger partial charge is 0.210 e. The third-order valence-electron chi connectivity index (χ3n) is 5.54. The van der Waals surface area contributed by atoms with E-state index in [1.807, 2.05) is 0 Å². The van der Waals surface area contributed by atoms with Crippen LogP contribution in [0.3, 0.4) is 0 Å². The second kappa shape index (κ2) is 8.22. The third-order valence-corrected chi connectivity index (χ3v) is 5.54. The van der Waals surface area contributed by atoms with E-state index in [-0.39, 0.29) is 18.6 Å². The number of alkyl halides is 1. The van der Waals surface area contributed by atoms with Crippen molar-refractivity contribution in [3.8, 4) is 11.5 Å². The molecule has 0 aliphatic carbocycles. The number of carbonyl (C=O) groups excluding carboxylic acids is 1. The number of hydrogen-bond acceptors (Lipinski definition) is 5. The lowest BCUT2D eigenvalue weighted by Gasteiger charge is -2.46. The molecule has 2 aliphatic rings. The number of hydrogen-bond donors (Lipinski definition) is 1. The molecular weight excluding hydrogens is 339 g/mol. The summed E-state index contributed by atoms with van der Waals surface area (Å²) in [4.78, 5) is 15.3. The van der Waals surface area contributed by atoms with E-state index < -0.39 is 12.8 Å². The van der Waals surface area contributed by atoms with E-state index in [4.69, 9.17) is 9.47 Å². The van der Waals surface area contributed by atoms with Crippen molar-refractivity contribution in [1.29, 1.82) is 0 Å². The number of ether oxygens (including phenoxy) is 2. The fourth-order valence-electron chi connectivity index (χ4n) is 4.19. The summed E-state index contributed by atoms with van der Waals surface area (Å²) in [6.45, 7) is 0.849. The van der Waals surface area contributed by atoms with Crippen molar-refractivity contribution in [3.05, 3.63) is 23.3 Å². The Morgan fingerprint density at radius 1 is 1.35 bits per heavy atom. The molecule has 144 valence electrons. The predicted octanol–water partition coefficient (Wildman–Crippen LogP) is 1.55. The highest BCUT2D eigenvalue weighted by Crippen LogP contribution is 2.42. The first kappa shape index (κ1) is 18.9. The molecule has 1 aromatic rings. The molecule has 6 nitrogen and oxygen atoms in total. The topological polar surface area (TPSA) is 62.2 Å². The highest BCUT2D eigenvalue weighted by molar-refractivity contribution is 5.50. The summed E-state index contributed by atoms with van der Waals surface area (Å²) in [5, 5.41) is 9.54. The molecule has 0 saturated carbocycles. The number of halogens is 1. The van der Waals surface area contributed by atoms with Crippen molar-refractivity contribution in [2.24, 2.45) is 0 Å². The third kappa shape index (κ3) is 3.64. The Labute approximate surface area is 153 Å². The lowest BCUT2D eigenvalue weighted by molar-refractivity contribution is -0.123. The summed E-state index contributed by atoms with van der Waals surface area (Å²) in [6.07, 6.45) is 2.26. The SMILES string of the molecule is COc1cc2c(cc1OC)C1CC[C@@H](N(C=O)CC(O)CF)CN1CC2. The van der Waals surface area contributed by atoms with E-state index in [1.54, 1.807) is 19.1 Å². The maximum atomic E-state index is 12.6. The van der Waals surface area contributed by atoms with E-state index in [1.165, 1.54) is 11.1 Å². The van der Waals surface area contributed by atoms with Gasteiger partial charge >= 0.3 is 0 Å². The van der Waals surface area contributed by atoms with Crippen LogP contribution < -0.4 is 9.47 Å². The number of rotatable bonds is 7. The van der Waals surface area contributed by atoms with Gasteiger partial charge in [0, 0.05) is 31.7 Å². The van der Waals surface area contributed by atoms with E-state index in [0.717, 1.165) is 50.3 Å². The Hall–Kier alpha value is -1.86. The fraction of sp³-hybridized carbons (Fsp3) is 0.632. The molecule has 2 heterocycles. The van der Waals surface area contributed by atoms with Crippen LogP contribution in [0.4, 0.5) is 4.39 Å². The molecule has 1 fully saturated rings. The van der Waals surface area contributed by atoms with E-state index in [9.17, 15) is 14.3 Å². The molecule has 1 N–H and O–H groups in total. The summed E-state index contributed by atoms with van der Waals surface area (Å²) in [5.41, 5.74) is 2.54. The largest absolute Gasteiger partial charge is 0.493 e. The van der Waals surface area contributed by atoms with Crippen LogP contribution >= 0.6 is 0 Å². The van der Waals surface area contributed by atoms with Crippen LogP contribution in [0, 0.1) is 0 Å². The van der Waals surface area contributed by atoms with Crippen LogP contribution in [0.25, 0.3) is 0 Å². The van der Waals surface area contributed by atoms with E-state index in [0.29, 0.717) is 0 Å². The van der Waals surface area contributed by atoms with Gasteiger partial charge in [-0.15, -0.1) is 0 Å². The molecule has 0 spiro atoms. The predicted molar refractivity (Wildman–Crippen MR) is 95.3 cm³/mol. The molecule has 0 radical (unpaired) electrons. The van der Waals surface area contributed by atoms with E-state index in [2.05, 4.69) is 17.0 Å². The lowest BCUT2D eigenvalue weighted by Crippen LogP contribution is -2.52. The summed E-state index contributed by atoms with van der Waals surface area (Å²) >= 11 is 0. The van der Waals surface area contributed by atoms with Gasteiger partial charge in [0.2, 0.25) is 6.41 Å². The number of amides is 1. The Kier molecular flexibility index (Phi) is 5.98. The van der Waals surface area contributed by atoms with Crippen molar-refractivity contribution in [3.63, 3.8) is 0 Å². The first-order chi connectivity index (χ1) is 12.6. The normalized spacial score (nSPS) is 23.5. The highest BCUT2D eigenvalue weighted by atomic mass is 19.1. The summed E-state index contributed by atoms with van der Waals surface area (Å²) in [7, 11) is 3.28. The van der Waals surface area contributed by atoms with E-state index >= 15 is 0 Å². The number of carbonyl (C=O) groups is 1. The Bertz CT molecular complexity index is 642. The Morgan fingerprint density at radius 2 is 2.08 bits per heavy atom. The molecule has 2 aliphatic heterocycles. The summed E-state index contributed by atoms with van der Waals surface area (Å²) < 4.78 is 23.5. The molecule has 1 aromatic carbocycles. The van der Waals surface area contributed by atoms with Gasteiger partial charge in [-0.25, -0.2) is 4.39 Å². The molecule has 3 rings (SSSR count). The van der Waals surface area contributed by atoms with Gasteiger partial charge in [0.15, 0.2) is 11.5 Å². The molecule has 1 amide bonds. The van der Waals surface area contributed by atoms with Gasteiger partial charge in [-0.2, -0.15) is 0 Å². The number of nitrogens with zero attached hydrogens (tertiary/aromatic N) is 2. The van der Waals surface area contributed by atoms with Crippen molar-refractivity contribution in [2.45, 2.75) is 37.5 Å². The molecule has 7 heteroatoms. The molecule has 3 atom stereocenters. The van der Waals surface area contributed by atoms with Crippen molar-refractivity contribution in [2.75, 3.05) is 40.5 Å². The first-order valence-corrected chi connectivity index (χ1v) is 9.05. The van der Waals surface area contributed by atoms with Crippen LogP contribution in [0.1, 0.15) is 30.0 Å². The molecule has 0 bridgehead atoms. The monoisotopic (exact) mass is 366 g/mol. The average Bonchev–Trinajstić information content (AvgIpc) is 2.69. The number of aliphatic hydroxyl groups excluding tert-OH is 1. The molecule has 0 aromatic heterocycles. The van der Waals surface area contributed by atoms with Crippen molar-refractivity contribution >= 4 is 6.41 Å². The maximum absolute atomic E-state index is 12.6. The molecule has 2 unspecified atom stereocenters. The van der Waals surface area contributed by atoms with Crippen molar-refractivity contribution < 1.29 is 23.8 Å². The lowest BCUT2D eigenvalue weighted by atomic mass is 9.85. The highest BCUT2D eigenvalue weighted by Gasteiger charge is 2.36. The van der Waals surface area contributed by atoms with Gasteiger partial charge in [-0.1, -0.05) is 0 Å². The van der Waals surface area contributed by atoms with Gasteiger partial charge in [-0.05, 0) is 42.5 Å². The second-order valence-electron chi connectivity index (χ2n) is 7.01. The van der Waals surface area contributed by atoms with Gasteiger partial charge in [0.1, 0.15) is 6.67 Å². The number of methoxy groups -OCH3 is 2. The summed E-state index contributed by atoms with van der Waals surface area (Å²) in [5.74, 6) is 1.48. The zero-order chi connectivity index (χ0) is 18.7. The quantitative estimate of drug-likeness (QED) is 0.742. The van der Waals surface area contributed by atoms with Crippen molar-refractivity contribution in [1.82, 2.24) is 9.80 Å². The van der Waals surface area contributed by atoms with Gasteiger partial charge in [-0.3, -0.25) is 9.69 Å². The zero-order valence-corrected chi connectivity index (χ0v) is 15.4. The standard InChI is InChI=1S/C19H27FN2O4/c1-25-18-7-13-5-6-21-10-14(22(12-23)11-15(24)9-20)3-4-17(21)16(13)8-19(18)26-2/h7-8,12,14-15,17,24H,3-6,9-11H2,1-2H3/t14-,15?,17?/m1/s1. The van der Waals surface area contributed by atoms with Crippen LogP contribution in [-0.4, -0.2) is 74.0 Å². The van der Waals surface area contributed by atoms with Crippen LogP contribution in [0.15, 0.2) is 12.1 Å². The average molecular weight is 366 g/mol. The van der Waals surface area contributed by atoms with Crippen LogP contribution in [0.5, 0.6) is 11.5 Å². The van der Waals surface area contributed by atoms with Gasteiger partial charge in [0.05, 0.1) is 20.3 Å². The zero-order valence-electron chi connectivity index (χ0n) is 15.4. The minimum Gasteiger partial charge on any atom is -0.493 e. The number of benzene rings is 1. The minimum atomic E-state index is -1.11. The minimum absolute atomic E-state index is 0.00615. The van der Waals surface area contributed by atoms with Crippen LogP contribution in [0.2, 0.25) is 0 Å². The molecule has 1 saturated heterocycles. The van der Waals surface area contributed by atoms with Gasteiger partial charge < -0.3 is 19.5 Å². The van der Waals surface area contributed by atoms with Gasteiger partial charge in [0.25, 0.3) is 0 Å². The first-order valence-electron chi connectivity index (χ1n) is 9.05. The van der Waals surface area contributed by atoms with Crippen LogP contribution in [-0.2, 0) is 11.2 Å². The summed E-state index contributed by atoms with van der Waals surface area (Å²) in [6, 6.07) is 4.42. The Morgan fingerprint density at radius 3 is 2.73 bits per heavy atom. The second-order valence-corrected chi connectivity index (χ2v) is 7.01. The molecule has 26 heavy (non-hydrogen) atoms. The Balaban J connectivity index is 1.76. The fourth-order valence-corrected chi connectivity index (χ4v) is 4.19. The molecular formula is C19H27FN2O4. The number of piperidine rings is 1. The number of fused-ring (bicyclic) bond motifs is 3. The number of aliphatic hydroxyl groups is 1. The maximum Gasteiger partial charge on any atom is 0.210 e.